The Morgan fingerprint density at radius 3 is 2.54 bits per heavy atom. The maximum atomic E-state index is 12.5. The van der Waals surface area contributed by atoms with Crippen molar-refractivity contribution < 1.29 is 9.53 Å². The van der Waals surface area contributed by atoms with Crippen LogP contribution >= 0.6 is 11.6 Å². The summed E-state index contributed by atoms with van der Waals surface area (Å²) in [6.07, 6.45) is 1.90. The van der Waals surface area contributed by atoms with Crippen molar-refractivity contribution in [3.05, 3.63) is 53.3 Å². The van der Waals surface area contributed by atoms with Crippen molar-refractivity contribution in [2.75, 3.05) is 39.3 Å². The monoisotopic (exact) mass is 347 g/mol. The third-order valence-corrected chi connectivity index (χ3v) is 4.64. The average molecular weight is 348 g/mol. The highest BCUT2D eigenvalue weighted by Crippen LogP contribution is 2.22. The van der Waals surface area contributed by atoms with Gasteiger partial charge in [0.15, 0.2) is 0 Å². The Kier molecular flexibility index (Phi) is 5.43. The molecule has 1 saturated heterocycles. The fourth-order valence-corrected chi connectivity index (χ4v) is 3.06. The average Bonchev–Trinajstić information content (AvgIpc) is 3.03. The van der Waals surface area contributed by atoms with Gasteiger partial charge in [-0.1, -0.05) is 23.7 Å². The van der Waals surface area contributed by atoms with E-state index in [1.165, 1.54) is 0 Å². The number of aryl methyl sites for hydroxylation is 1. The number of ether oxygens (including phenoxy) is 1. The standard InChI is InChI=1S/C18H22ClN3O2/c1-20-8-4-6-16(20)18(23)22-11-9-21(10-12-22)13-14-24-17-7-3-2-5-15(17)19/h2-8H,9-14H2,1H3. The molecule has 0 atom stereocenters. The largest absolute Gasteiger partial charge is 0.491 e. The SMILES string of the molecule is Cn1cccc1C(=O)N1CCN(CCOc2ccccc2Cl)CC1. The summed E-state index contributed by atoms with van der Waals surface area (Å²) in [5, 5.41) is 0.635. The van der Waals surface area contributed by atoms with Crippen LogP contribution in [-0.4, -0.2) is 59.6 Å². The van der Waals surface area contributed by atoms with Crippen LogP contribution in [-0.2, 0) is 7.05 Å². The van der Waals surface area contributed by atoms with Gasteiger partial charge in [-0.15, -0.1) is 0 Å². The van der Waals surface area contributed by atoms with Crippen molar-refractivity contribution in [2.24, 2.45) is 7.05 Å². The first kappa shape index (κ1) is 16.9. The van der Waals surface area contributed by atoms with Gasteiger partial charge in [-0.05, 0) is 24.3 Å². The molecular formula is C18H22ClN3O2. The third-order valence-electron chi connectivity index (χ3n) is 4.32. The molecule has 0 unspecified atom stereocenters. The zero-order chi connectivity index (χ0) is 16.9. The van der Waals surface area contributed by atoms with Gasteiger partial charge in [0.1, 0.15) is 18.1 Å². The van der Waals surface area contributed by atoms with E-state index in [-0.39, 0.29) is 5.91 Å². The Bertz CT molecular complexity index is 693. The lowest BCUT2D eigenvalue weighted by Gasteiger charge is -2.34. The quantitative estimate of drug-likeness (QED) is 0.834. The van der Waals surface area contributed by atoms with E-state index >= 15 is 0 Å². The van der Waals surface area contributed by atoms with E-state index < -0.39 is 0 Å². The number of aromatic nitrogens is 1. The predicted octanol–water partition coefficient (Wildman–Crippen LogP) is 2.52. The molecule has 2 heterocycles. The first-order valence-electron chi connectivity index (χ1n) is 8.15. The number of halogens is 1. The minimum Gasteiger partial charge on any atom is -0.491 e. The Morgan fingerprint density at radius 1 is 1.12 bits per heavy atom. The molecule has 0 bridgehead atoms. The van der Waals surface area contributed by atoms with E-state index in [1.807, 2.05) is 59.1 Å². The predicted molar refractivity (Wildman–Crippen MR) is 94.7 cm³/mol. The van der Waals surface area contributed by atoms with E-state index in [1.54, 1.807) is 0 Å². The van der Waals surface area contributed by atoms with Crippen LogP contribution in [0.1, 0.15) is 10.5 Å². The molecule has 1 fully saturated rings. The number of piperazine rings is 1. The Balaban J connectivity index is 1.43. The van der Waals surface area contributed by atoms with Gasteiger partial charge < -0.3 is 14.2 Å². The molecule has 2 aromatic rings. The molecule has 6 heteroatoms. The van der Waals surface area contributed by atoms with E-state index in [0.717, 1.165) is 44.2 Å². The van der Waals surface area contributed by atoms with Crippen molar-refractivity contribution in [3.8, 4) is 5.75 Å². The molecule has 1 aliphatic rings. The highest BCUT2D eigenvalue weighted by Gasteiger charge is 2.23. The molecule has 128 valence electrons. The topological polar surface area (TPSA) is 37.7 Å². The fraction of sp³-hybridized carbons (Fsp3) is 0.389. The van der Waals surface area contributed by atoms with Crippen LogP contribution in [0, 0.1) is 0 Å². The summed E-state index contributed by atoms with van der Waals surface area (Å²) in [7, 11) is 1.90. The molecule has 0 N–H and O–H groups in total. The lowest BCUT2D eigenvalue weighted by molar-refractivity contribution is 0.0611. The molecular weight excluding hydrogens is 326 g/mol. The summed E-state index contributed by atoms with van der Waals surface area (Å²) in [4.78, 5) is 16.7. The van der Waals surface area contributed by atoms with Crippen LogP contribution in [0.3, 0.4) is 0 Å². The molecule has 0 spiro atoms. The Labute approximate surface area is 147 Å². The number of benzene rings is 1. The van der Waals surface area contributed by atoms with Crippen LogP contribution in [0.2, 0.25) is 5.02 Å². The van der Waals surface area contributed by atoms with Gasteiger partial charge in [-0.2, -0.15) is 0 Å². The zero-order valence-corrected chi connectivity index (χ0v) is 14.6. The molecule has 1 aromatic carbocycles. The highest BCUT2D eigenvalue weighted by molar-refractivity contribution is 6.32. The van der Waals surface area contributed by atoms with Crippen molar-refractivity contribution in [3.63, 3.8) is 0 Å². The maximum Gasteiger partial charge on any atom is 0.270 e. The number of hydrogen-bond acceptors (Lipinski definition) is 3. The minimum absolute atomic E-state index is 0.106. The molecule has 0 saturated carbocycles. The number of amides is 1. The van der Waals surface area contributed by atoms with Crippen molar-refractivity contribution in [1.82, 2.24) is 14.4 Å². The van der Waals surface area contributed by atoms with Crippen LogP contribution < -0.4 is 4.74 Å². The molecule has 1 aliphatic heterocycles. The second-order valence-corrected chi connectivity index (χ2v) is 6.32. The van der Waals surface area contributed by atoms with E-state index in [0.29, 0.717) is 11.6 Å². The first-order valence-corrected chi connectivity index (χ1v) is 8.53. The Hall–Kier alpha value is -1.98. The lowest BCUT2D eigenvalue weighted by atomic mass is 10.2. The van der Waals surface area contributed by atoms with Gasteiger partial charge in [0, 0.05) is 46.0 Å². The normalized spacial score (nSPS) is 15.5. The summed E-state index contributed by atoms with van der Waals surface area (Å²) in [5.41, 5.74) is 0.741. The highest BCUT2D eigenvalue weighted by atomic mass is 35.5. The van der Waals surface area contributed by atoms with Crippen molar-refractivity contribution in [1.29, 1.82) is 0 Å². The maximum absolute atomic E-state index is 12.5. The number of nitrogens with zero attached hydrogens (tertiary/aromatic N) is 3. The number of rotatable bonds is 5. The molecule has 3 rings (SSSR count). The van der Waals surface area contributed by atoms with Gasteiger partial charge in [0.2, 0.25) is 0 Å². The minimum atomic E-state index is 0.106. The van der Waals surface area contributed by atoms with Gasteiger partial charge in [0.05, 0.1) is 5.02 Å². The zero-order valence-electron chi connectivity index (χ0n) is 13.8. The smallest absolute Gasteiger partial charge is 0.270 e. The third kappa shape index (κ3) is 3.91. The molecule has 0 radical (unpaired) electrons. The number of carbonyl (C=O) groups excluding carboxylic acids is 1. The van der Waals surface area contributed by atoms with E-state index in [9.17, 15) is 4.79 Å². The number of hydrogen-bond donors (Lipinski definition) is 0. The molecule has 0 aliphatic carbocycles. The van der Waals surface area contributed by atoms with Gasteiger partial charge in [0.25, 0.3) is 5.91 Å². The molecule has 5 nitrogen and oxygen atoms in total. The van der Waals surface area contributed by atoms with Gasteiger partial charge in [-0.3, -0.25) is 9.69 Å². The van der Waals surface area contributed by atoms with Crippen molar-refractivity contribution in [2.45, 2.75) is 0 Å². The van der Waals surface area contributed by atoms with Crippen molar-refractivity contribution >= 4 is 17.5 Å². The summed E-state index contributed by atoms with van der Waals surface area (Å²) < 4.78 is 7.60. The number of carbonyl (C=O) groups is 1. The summed E-state index contributed by atoms with van der Waals surface area (Å²) in [6, 6.07) is 11.3. The van der Waals surface area contributed by atoms with E-state index in [4.69, 9.17) is 16.3 Å². The summed E-state index contributed by atoms with van der Waals surface area (Å²) in [6.45, 7) is 4.64. The van der Waals surface area contributed by atoms with Crippen LogP contribution in [0.4, 0.5) is 0 Å². The van der Waals surface area contributed by atoms with Crippen LogP contribution in [0.25, 0.3) is 0 Å². The lowest BCUT2D eigenvalue weighted by Crippen LogP contribution is -2.49. The van der Waals surface area contributed by atoms with Crippen LogP contribution in [0.5, 0.6) is 5.75 Å². The summed E-state index contributed by atoms with van der Waals surface area (Å²) >= 11 is 6.08. The Morgan fingerprint density at radius 2 is 1.88 bits per heavy atom. The van der Waals surface area contributed by atoms with Crippen LogP contribution in [0.15, 0.2) is 42.6 Å². The number of para-hydroxylation sites is 1. The second-order valence-electron chi connectivity index (χ2n) is 5.92. The van der Waals surface area contributed by atoms with E-state index in [2.05, 4.69) is 4.90 Å². The van der Waals surface area contributed by atoms with Gasteiger partial charge >= 0.3 is 0 Å². The fourth-order valence-electron chi connectivity index (χ4n) is 2.87. The first-order chi connectivity index (χ1) is 11.6. The molecule has 1 aromatic heterocycles. The second kappa shape index (κ2) is 7.73. The van der Waals surface area contributed by atoms with Gasteiger partial charge in [-0.25, -0.2) is 0 Å². The summed E-state index contributed by atoms with van der Waals surface area (Å²) in [5.74, 6) is 0.825. The molecule has 24 heavy (non-hydrogen) atoms. The molecule has 1 amide bonds.